The molecule has 6 nitrogen and oxygen atoms in total. The van der Waals surface area contributed by atoms with Gasteiger partial charge in [-0.15, -0.1) is 0 Å². The van der Waals surface area contributed by atoms with Crippen LogP contribution in [-0.4, -0.2) is 32.8 Å². The summed E-state index contributed by atoms with van der Waals surface area (Å²) < 4.78 is 1.80. The number of benzene rings is 1. The molecule has 1 fully saturated rings. The van der Waals surface area contributed by atoms with E-state index in [0.29, 0.717) is 23.9 Å². The van der Waals surface area contributed by atoms with Gasteiger partial charge in [0.15, 0.2) is 0 Å². The van der Waals surface area contributed by atoms with Crippen LogP contribution in [0, 0.1) is 19.8 Å². The van der Waals surface area contributed by atoms with Gasteiger partial charge in [0.2, 0.25) is 0 Å². The van der Waals surface area contributed by atoms with Gasteiger partial charge in [-0.3, -0.25) is 9.59 Å². The Labute approximate surface area is 146 Å². The average molecular weight is 341 g/mol. The number of aryl methyl sites for hydroxylation is 1. The summed E-state index contributed by atoms with van der Waals surface area (Å²) in [5.41, 5.74) is 4.23. The summed E-state index contributed by atoms with van der Waals surface area (Å²) in [5, 5.41) is 16.4. The zero-order valence-corrected chi connectivity index (χ0v) is 14.7. The summed E-state index contributed by atoms with van der Waals surface area (Å²) in [7, 11) is 0. The van der Waals surface area contributed by atoms with Gasteiger partial charge in [0.1, 0.15) is 0 Å². The summed E-state index contributed by atoms with van der Waals surface area (Å²) in [4.78, 5) is 23.0. The van der Waals surface area contributed by atoms with Crippen molar-refractivity contribution >= 4 is 11.9 Å². The minimum Gasteiger partial charge on any atom is -0.481 e. The molecule has 1 saturated carbocycles. The largest absolute Gasteiger partial charge is 0.481 e. The molecular formula is C19H23N3O3. The first-order chi connectivity index (χ1) is 11.9. The van der Waals surface area contributed by atoms with Gasteiger partial charge >= 0.3 is 5.97 Å². The second kappa shape index (κ2) is 6.70. The van der Waals surface area contributed by atoms with E-state index in [-0.39, 0.29) is 12.3 Å². The highest BCUT2D eigenvalue weighted by Crippen LogP contribution is 2.29. The summed E-state index contributed by atoms with van der Waals surface area (Å²) in [5.74, 6) is -0.287. The molecule has 0 radical (unpaired) electrons. The van der Waals surface area contributed by atoms with Gasteiger partial charge in [-0.25, -0.2) is 4.68 Å². The van der Waals surface area contributed by atoms with Crippen molar-refractivity contribution in [3.63, 3.8) is 0 Å². The monoisotopic (exact) mass is 341 g/mol. The Morgan fingerprint density at radius 3 is 2.48 bits per heavy atom. The molecule has 3 rings (SSSR count). The Kier molecular flexibility index (Phi) is 4.61. The van der Waals surface area contributed by atoms with E-state index < -0.39 is 5.97 Å². The van der Waals surface area contributed by atoms with Crippen molar-refractivity contribution < 1.29 is 14.7 Å². The maximum atomic E-state index is 12.2. The highest BCUT2D eigenvalue weighted by molar-refractivity contribution is 5.94. The van der Waals surface area contributed by atoms with Crippen molar-refractivity contribution in [3.8, 4) is 5.69 Å². The van der Waals surface area contributed by atoms with Gasteiger partial charge in [0.05, 0.1) is 11.4 Å². The standard InChI is InChI=1S/C19H23N3O3/c1-11-10-17(11)20-19(25)14-4-6-15(7-5-14)22-13(3)16(12(2)21-22)8-9-18(23)24/h4-7,11,17H,8-10H2,1-3H3,(H,20,25)(H,23,24)/t11-,17+/m0/s1. The molecule has 2 N–H and O–H groups in total. The topological polar surface area (TPSA) is 84.2 Å². The van der Waals surface area contributed by atoms with Crippen LogP contribution in [0.5, 0.6) is 0 Å². The van der Waals surface area contributed by atoms with Crippen LogP contribution in [0.25, 0.3) is 5.69 Å². The van der Waals surface area contributed by atoms with E-state index in [1.54, 1.807) is 16.8 Å². The summed E-state index contributed by atoms with van der Waals surface area (Å²) >= 11 is 0. The average Bonchev–Trinajstić information content (AvgIpc) is 3.18. The Hall–Kier alpha value is -2.63. The van der Waals surface area contributed by atoms with Gasteiger partial charge in [-0.05, 0) is 62.4 Å². The van der Waals surface area contributed by atoms with Crippen molar-refractivity contribution in [3.05, 3.63) is 46.8 Å². The zero-order chi connectivity index (χ0) is 18.1. The third kappa shape index (κ3) is 3.73. The number of hydrogen-bond acceptors (Lipinski definition) is 3. The lowest BCUT2D eigenvalue weighted by atomic mass is 10.1. The van der Waals surface area contributed by atoms with Gasteiger partial charge in [0.25, 0.3) is 5.91 Å². The van der Waals surface area contributed by atoms with Crippen molar-refractivity contribution in [2.24, 2.45) is 5.92 Å². The van der Waals surface area contributed by atoms with Crippen molar-refractivity contribution in [1.82, 2.24) is 15.1 Å². The first-order valence-corrected chi connectivity index (χ1v) is 8.55. The van der Waals surface area contributed by atoms with Crippen molar-refractivity contribution in [1.29, 1.82) is 0 Å². The molecule has 1 aliphatic carbocycles. The first-order valence-electron chi connectivity index (χ1n) is 8.55. The van der Waals surface area contributed by atoms with Gasteiger partial charge in [-0.2, -0.15) is 5.10 Å². The van der Waals surface area contributed by atoms with Gasteiger partial charge < -0.3 is 10.4 Å². The molecule has 2 aromatic rings. The van der Waals surface area contributed by atoms with Gasteiger partial charge in [0, 0.05) is 23.7 Å². The van der Waals surface area contributed by atoms with Crippen LogP contribution < -0.4 is 5.32 Å². The molecule has 2 atom stereocenters. The van der Waals surface area contributed by atoms with E-state index in [1.807, 2.05) is 26.0 Å². The second-order valence-electron chi connectivity index (χ2n) is 6.79. The lowest BCUT2D eigenvalue weighted by molar-refractivity contribution is -0.136. The Bertz CT molecular complexity index is 808. The van der Waals surface area contributed by atoms with E-state index in [2.05, 4.69) is 17.3 Å². The normalized spacial score (nSPS) is 18.8. The summed E-state index contributed by atoms with van der Waals surface area (Å²) in [6.07, 6.45) is 1.60. The molecule has 1 heterocycles. The Balaban J connectivity index is 1.77. The quantitative estimate of drug-likeness (QED) is 0.846. The molecule has 0 bridgehead atoms. The highest BCUT2D eigenvalue weighted by Gasteiger charge is 2.33. The third-order valence-corrected chi connectivity index (χ3v) is 4.83. The molecule has 0 unspecified atom stereocenters. The van der Waals surface area contributed by atoms with Crippen LogP contribution in [0.15, 0.2) is 24.3 Å². The number of aliphatic carboxylic acids is 1. The number of rotatable bonds is 6. The molecule has 6 heteroatoms. The molecule has 1 aliphatic rings. The van der Waals surface area contributed by atoms with Crippen LogP contribution in [0.1, 0.15) is 47.1 Å². The number of carboxylic acids is 1. The number of carbonyl (C=O) groups is 2. The fraction of sp³-hybridized carbons (Fsp3) is 0.421. The summed E-state index contributed by atoms with van der Waals surface area (Å²) in [6.45, 7) is 5.95. The minimum atomic E-state index is -0.813. The van der Waals surface area contributed by atoms with Crippen LogP contribution in [-0.2, 0) is 11.2 Å². The first kappa shape index (κ1) is 17.2. The minimum absolute atomic E-state index is 0.0450. The SMILES string of the molecule is Cc1nn(-c2ccc(C(=O)N[C@@H]3C[C@@H]3C)cc2)c(C)c1CCC(=O)O. The van der Waals surface area contributed by atoms with Gasteiger partial charge in [-0.1, -0.05) is 6.92 Å². The molecule has 25 heavy (non-hydrogen) atoms. The maximum Gasteiger partial charge on any atom is 0.303 e. The molecule has 0 aliphatic heterocycles. The fourth-order valence-electron chi connectivity index (χ4n) is 3.05. The van der Waals surface area contributed by atoms with E-state index >= 15 is 0 Å². The number of aromatic nitrogens is 2. The number of hydrogen-bond donors (Lipinski definition) is 2. The molecule has 0 saturated heterocycles. The molecule has 1 aromatic heterocycles. The van der Waals surface area contributed by atoms with Crippen molar-refractivity contribution in [2.75, 3.05) is 0 Å². The predicted molar refractivity (Wildman–Crippen MR) is 94.0 cm³/mol. The molecule has 1 aromatic carbocycles. The van der Waals surface area contributed by atoms with E-state index in [0.717, 1.165) is 29.1 Å². The van der Waals surface area contributed by atoms with E-state index in [4.69, 9.17) is 5.11 Å². The van der Waals surface area contributed by atoms with Crippen LogP contribution >= 0.6 is 0 Å². The number of nitrogens with one attached hydrogen (secondary N) is 1. The molecular weight excluding hydrogens is 318 g/mol. The van der Waals surface area contributed by atoms with Crippen LogP contribution in [0.3, 0.4) is 0 Å². The third-order valence-electron chi connectivity index (χ3n) is 4.83. The Morgan fingerprint density at radius 2 is 1.92 bits per heavy atom. The van der Waals surface area contributed by atoms with E-state index in [9.17, 15) is 9.59 Å². The maximum absolute atomic E-state index is 12.2. The summed E-state index contributed by atoms with van der Waals surface area (Å²) in [6, 6.07) is 7.63. The molecule has 132 valence electrons. The zero-order valence-electron chi connectivity index (χ0n) is 14.7. The number of amides is 1. The molecule has 0 spiro atoms. The second-order valence-corrected chi connectivity index (χ2v) is 6.79. The number of nitrogens with zero attached hydrogens (tertiary/aromatic N) is 2. The van der Waals surface area contributed by atoms with Crippen LogP contribution in [0.4, 0.5) is 0 Å². The number of carboxylic acid groups (broad SMARTS) is 1. The van der Waals surface area contributed by atoms with Crippen LogP contribution in [0.2, 0.25) is 0 Å². The number of carbonyl (C=O) groups excluding carboxylic acids is 1. The van der Waals surface area contributed by atoms with Crippen molar-refractivity contribution in [2.45, 2.75) is 46.1 Å². The Morgan fingerprint density at radius 1 is 1.28 bits per heavy atom. The van der Waals surface area contributed by atoms with E-state index in [1.165, 1.54) is 0 Å². The lowest BCUT2D eigenvalue weighted by Crippen LogP contribution is -2.26. The highest BCUT2D eigenvalue weighted by atomic mass is 16.4. The fourth-order valence-corrected chi connectivity index (χ4v) is 3.05. The lowest BCUT2D eigenvalue weighted by Gasteiger charge is -2.08. The smallest absolute Gasteiger partial charge is 0.303 e. The molecule has 1 amide bonds. The predicted octanol–water partition coefficient (Wildman–Crippen LogP) is 2.64.